The summed E-state index contributed by atoms with van der Waals surface area (Å²) in [6, 6.07) is 21.8. The van der Waals surface area contributed by atoms with Crippen LogP contribution >= 0.6 is 23.2 Å². The quantitative estimate of drug-likeness (QED) is 0.195. The van der Waals surface area contributed by atoms with Crippen molar-refractivity contribution >= 4 is 34.9 Å². The van der Waals surface area contributed by atoms with E-state index in [0.29, 0.717) is 33.5 Å². The SMILES string of the molecule is COc1nc(OC(C(=O)O)C(OCCc2ccc(N(C)C)cc2)(c2ccc(Cl)cc2)c2ccc(Cl)cc2)nc2c1CCC2. The first-order chi connectivity index (χ1) is 20.7. The number of ether oxygens (including phenoxy) is 3. The van der Waals surface area contributed by atoms with E-state index in [1.165, 1.54) is 7.11 Å². The van der Waals surface area contributed by atoms with Gasteiger partial charge in [0.15, 0.2) is 5.60 Å². The molecule has 1 unspecified atom stereocenters. The van der Waals surface area contributed by atoms with Gasteiger partial charge in [0.25, 0.3) is 0 Å². The summed E-state index contributed by atoms with van der Waals surface area (Å²) in [6.45, 7) is 0.175. The van der Waals surface area contributed by atoms with E-state index < -0.39 is 17.7 Å². The molecule has 224 valence electrons. The summed E-state index contributed by atoms with van der Waals surface area (Å²) in [7, 11) is 5.49. The van der Waals surface area contributed by atoms with Crippen molar-refractivity contribution in [2.45, 2.75) is 37.4 Å². The molecule has 1 aliphatic carbocycles. The molecule has 0 spiro atoms. The molecular formula is C33H33Cl2N3O5. The van der Waals surface area contributed by atoms with E-state index in [9.17, 15) is 9.90 Å². The number of carboxylic acid groups (broad SMARTS) is 1. The number of rotatable bonds is 12. The lowest BCUT2D eigenvalue weighted by Crippen LogP contribution is -2.51. The number of hydrogen-bond acceptors (Lipinski definition) is 7. The lowest BCUT2D eigenvalue weighted by molar-refractivity contribution is -0.164. The molecule has 1 aliphatic rings. The van der Waals surface area contributed by atoms with Crippen molar-refractivity contribution in [3.05, 3.63) is 111 Å². The summed E-state index contributed by atoms with van der Waals surface area (Å²) in [6.07, 6.45) is 1.34. The molecular weight excluding hydrogens is 589 g/mol. The minimum atomic E-state index is -1.64. The second-order valence-corrected chi connectivity index (χ2v) is 11.4. The number of aryl methyl sites for hydroxylation is 1. The van der Waals surface area contributed by atoms with Crippen molar-refractivity contribution in [2.75, 3.05) is 32.7 Å². The number of benzene rings is 3. The van der Waals surface area contributed by atoms with E-state index in [1.54, 1.807) is 48.5 Å². The summed E-state index contributed by atoms with van der Waals surface area (Å²) in [4.78, 5) is 24.3. The number of aliphatic carboxylic acids is 1. The minimum Gasteiger partial charge on any atom is -0.481 e. The van der Waals surface area contributed by atoms with E-state index in [4.69, 9.17) is 37.4 Å². The molecule has 0 saturated heterocycles. The Labute approximate surface area is 261 Å². The van der Waals surface area contributed by atoms with Gasteiger partial charge in [-0.3, -0.25) is 0 Å². The zero-order valence-electron chi connectivity index (χ0n) is 24.2. The third-order valence-corrected chi connectivity index (χ3v) is 8.11. The maximum absolute atomic E-state index is 13.2. The molecule has 0 radical (unpaired) electrons. The van der Waals surface area contributed by atoms with Crippen molar-refractivity contribution in [2.24, 2.45) is 0 Å². The highest BCUT2D eigenvalue weighted by molar-refractivity contribution is 6.30. The Bertz CT molecular complexity index is 1520. The molecule has 43 heavy (non-hydrogen) atoms. The summed E-state index contributed by atoms with van der Waals surface area (Å²) < 4.78 is 18.5. The van der Waals surface area contributed by atoms with Crippen molar-refractivity contribution in [1.29, 1.82) is 0 Å². The molecule has 10 heteroatoms. The molecule has 0 fully saturated rings. The maximum Gasteiger partial charge on any atom is 0.348 e. The number of halogens is 2. The van der Waals surface area contributed by atoms with E-state index >= 15 is 0 Å². The first-order valence-corrected chi connectivity index (χ1v) is 14.7. The molecule has 0 amide bonds. The smallest absolute Gasteiger partial charge is 0.348 e. The Kier molecular flexibility index (Phi) is 9.40. The summed E-state index contributed by atoms with van der Waals surface area (Å²) >= 11 is 12.5. The van der Waals surface area contributed by atoms with Crippen LogP contribution in [0.3, 0.4) is 0 Å². The molecule has 0 saturated carbocycles. The minimum absolute atomic E-state index is 0.0972. The molecule has 0 bridgehead atoms. The van der Waals surface area contributed by atoms with Crippen LogP contribution in [0, 0.1) is 0 Å². The second kappa shape index (κ2) is 13.2. The lowest BCUT2D eigenvalue weighted by Gasteiger charge is -2.39. The van der Waals surface area contributed by atoms with Gasteiger partial charge in [-0.05, 0) is 78.8 Å². The number of hydrogen-bond donors (Lipinski definition) is 1. The van der Waals surface area contributed by atoms with Gasteiger partial charge in [-0.2, -0.15) is 9.97 Å². The molecule has 4 aromatic rings. The average molecular weight is 623 g/mol. The fourth-order valence-electron chi connectivity index (χ4n) is 5.41. The zero-order chi connectivity index (χ0) is 30.6. The molecule has 0 aliphatic heterocycles. The third kappa shape index (κ3) is 6.56. The number of carbonyl (C=O) groups is 1. The summed E-state index contributed by atoms with van der Waals surface area (Å²) in [5.41, 5.74) is 3.24. The number of fused-ring (bicyclic) bond motifs is 1. The summed E-state index contributed by atoms with van der Waals surface area (Å²) in [5.74, 6) is -0.879. The van der Waals surface area contributed by atoms with Crippen molar-refractivity contribution in [3.8, 4) is 11.9 Å². The predicted molar refractivity (Wildman–Crippen MR) is 167 cm³/mol. The topological polar surface area (TPSA) is 94.0 Å². The Balaban J connectivity index is 1.60. The molecule has 1 heterocycles. The Morgan fingerprint density at radius 3 is 2.07 bits per heavy atom. The largest absolute Gasteiger partial charge is 0.481 e. The van der Waals surface area contributed by atoms with Gasteiger partial charge in [-0.1, -0.05) is 59.6 Å². The number of anilines is 1. The Hall–Kier alpha value is -3.85. The molecule has 3 aromatic carbocycles. The van der Waals surface area contributed by atoms with Crippen molar-refractivity contribution in [3.63, 3.8) is 0 Å². The number of carboxylic acids is 1. The fraction of sp³-hybridized carbons (Fsp3) is 0.303. The number of aromatic nitrogens is 2. The van der Waals surface area contributed by atoms with E-state index in [2.05, 4.69) is 9.97 Å². The Morgan fingerprint density at radius 2 is 1.53 bits per heavy atom. The van der Waals surface area contributed by atoms with Crippen LogP contribution in [-0.2, 0) is 34.4 Å². The van der Waals surface area contributed by atoms with Gasteiger partial charge < -0.3 is 24.2 Å². The van der Waals surface area contributed by atoms with Crippen LogP contribution in [-0.4, -0.2) is 55.0 Å². The number of methoxy groups -OCH3 is 1. The van der Waals surface area contributed by atoms with Crippen LogP contribution in [0.2, 0.25) is 10.0 Å². The second-order valence-electron chi connectivity index (χ2n) is 10.5. The zero-order valence-corrected chi connectivity index (χ0v) is 25.7. The van der Waals surface area contributed by atoms with E-state index in [0.717, 1.165) is 41.8 Å². The third-order valence-electron chi connectivity index (χ3n) is 7.60. The highest BCUT2D eigenvalue weighted by Gasteiger charge is 2.50. The van der Waals surface area contributed by atoms with Gasteiger partial charge in [0.05, 0.1) is 19.4 Å². The Morgan fingerprint density at radius 1 is 0.930 bits per heavy atom. The molecule has 1 atom stereocenters. The molecule has 5 rings (SSSR count). The van der Waals surface area contributed by atoms with Gasteiger partial charge in [0, 0.05) is 35.4 Å². The van der Waals surface area contributed by atoms with Gasteiger partial charge in [-0.15, -0.1) is 0 Å². The van der Waals surface area contributed by atoms with Crippen molar-refractivity contribution < 1.29 is 24.1 Å². The van der Waals surface area contributed by atoms with Crippen LogP contribution in [0.5, 0.6) is 11.9 Å². The maximum atomic E-state index is 13.2. The van der Waals surface area contributed by atoms with E-state index in [1.807, 2.05) is 43.3 Å². The lowest BCUT2D eigenvalue weighted by atomic mass is 9.81. The molecule has 1 aromatic heterocycles. The monoisotopic (exact) mass is 621 g/mol. The summed E-state index contributed by atoms with van der Waals surface area (Å²) in [5, 5.41) is 11.8. The van der Waals surface area contributed by atoms with Gasteiger partial charge in [-0.25, -0.2) is 4.79 Å². The standard InChI is InChI=1S/C33H33Cl2N3O5/c1-38(2)26-17-7-21(8-18-26)19-20-42-33(22-9-13-24(34)14-10-22,23-11-15-25(35)16-12-23)29(31(39)40)43-32-36-28-6-4-5-27(28)30(37-32)41-3/h7-18,29H,4-6,19-20H2,1-3H3,(H,39,40). The van der Waals surface area contributed by atoms with Gasteiger partial charge >= 0.3 is 12.0 Å². The normalized spacial score (nSPS) is 13.3. The number of nitrogens with zero attached hydrogens (tertiary/aromatic N) is 3. The first kappa shape index (κ1) is 30.6. The highest BCUT2D eigenvalue weighted by atomic mass is 35.5. The van der Waals surface area contributed by atoms with Crippen LogP contribution in [0.4, 0.5) is 5.69 Å². The van der Waals surface area contributed by atoms with Crippen LogP contribution < -0.4 is 14.4 Å². The van der Waals surface area contributed by atoms with Crippen molar-refractivity contribution in [1.82, 2.24) is 9.97 Å². The highest BCUT2D eigenvalue weighted by Crippen LogP contribution is 2.41. The molecule has 8 nitrogen and oxygen atoms in total. The first-order valence-electron chi connectivity index (χ1n) is 14.0. The van der Waals surface area contributed by atoms with E-state index in [-0.39, 0.29) is 12.6 Å². The predicted octanol–water partition coefficient (Wildman–Crippen LogP) is 6.38. The van der Waals surface area contributed by atoms with Gasteiger partial charge in [0.2, 0.25) is 12.0 Å². The van der Waals surface area contributed by atoms with Crippen LogP contribution in [0.1, 0.15) is 34.4 Å². The average Bonchev–Trinajstić information content (AvgIpc) is 3.48. The fourth-order valence-corrected chi connectivity index (χ4v) is 5.66. The van der Waals surface area contributed by atoms with Gasteiger partial charge in [0.1, 0.15) is 0 Å². The molecule has 1 N–H and O–H groups in total. The van der Waals surface area contributed by atoms with Crippen LogP contribution in [0.25, 0.3) is 0 Å². The van der Waals surface area contributed by atoms with Crippen LogP contribution in [0.15, 0.2) is 72.8 Å².